The van der Waals surface area contributed by atoms with Gasteiger partial charge in [-0.15, -0.1) is 0 Å². The van der Waals surface area contributed by atoms with Gasteiger partial charge in [0.1, 0.15) is 4.90 Å². The topological polar surface area (TPSA) is 67.2 Å². The summed E-state index contributed by atoms with van der Waals surface area (Å²) in [5.41, 5.74) is 0. The summed E-state index contributed by atoms with van der Waals surface area (Å²) >= 11 is 0. The van der Waals surface area contributed by atoms with Gasteiger partial charge in [-0.05, 0) is 19.4 Å². The molecule has 7 heteroatoms. The van der Waals surface area contributed by atoms with E-state index in [1.807, 2.05) is 6.92 Å². The molecule has 0 unspecified atom stereocenters. The molecule has 0 amide bonds. The smallest absolute Gasteiger partial charge is 0.245 e. The van der Waals surface area contributed by atoms with Crippen molar-refractivity contribution in [2.24, 2.45) is 0 Å². The van der Waals surface area contributed by atoms with Gasteiger partial charge in [0.2, 0.25) is 10.0 Å². The molecule has 0 aliphatic heterocycles. The Morgan fingerprint density at radius 3 is 2.68 bits per heavy atom. The van der Waals surface area contributed by atoms with E-state index in [1.165, 1.54) is 10.5 Å². The van der Waals surface area contributed by atoms with Gasteiger partial charge in [0.05, 0.1) is 12.7 Å². The minimum atomic E-state index is -3.39. The van der Waals surface area contributed by atoms with Gasteiger partial charge >= 0.3 is 0 Å². The number of hydrogen-bond acceptors (Lipinski definition) is 4. The summed E-state index contributed by atoms with van der Waals surface area (Å²) in [5.74, 6) is 0. The van der Waals surface area contributed by atoms with Crippen LogP contribution >= 0.6 is 0 Å². The number of rotatable bonds is 9. The second-order valence-electron chi connectivity index (χ2n) is 4.52. The average molecular weight is 288 g/mol. The fourth-order valence-electron chi connectivity index (χ4n) is 1.71. The summed E-state index contributed by atoms with van der Waals surface area (Å²) in [4.78, 5) is 0.263. The molecule has 0 aromatic carbocycles. The molecule has 0 radical (unpaired) electrons. The van der Waals surface area contributed by atoms with E-state index < -0.39 is 10.0 Å². The van der Waals surface area contributed by atoms with Crippen molar-refractivity contribution in [1.29, 1.82) is 0 Å². The predicted octanol–water partition coefficient (Wildman–Crippen LogP) is 0.913. The van der Waals surface area contributed by atoms with Crippen LogP contribution in [0.1, 0.15) is 26.7 Å². The van der Waals surface area contributed by atoms with E-state index in [1.54, 1.807) is 17.9 Å². The van der Waals surface area contributed by atoms with Crippen molar-refractivity contribution in [2.75, 3.05) is 26.7 Å². The first kappa shape index (κ1) is 16.1. The van der Waals surface area contributed by atoms with Crippen LogP contribution in [0.5, 0.6) is 0 Å². The Balaban J connectivity index is 2.63. The average Bonchev–Trinajstić information content (AvgIpc) is 2.84. The molecule has 1 N–H and O–H groups in total. The number of nitrogens with one attached hydrogen (secondary N) is 1. The SMILES string of the molecule is CCCNCCn1cc(S(=O)(=O)N(C)CCC)cn1. The summed E-state index contributed by atoms with van der Waals surface area (Å²) in [5, 5.41) is 7.35. The first-order valence-corrected chi connectivity index (χ1v) is 8.15. The number of nitrogens with zero attached hydrogens (tertiary/aromatic N) is 3. The Morgan fingerprint density at radius 2 is 2.05 bits per heavy atom. The van der Waals surface area contributed by atoms with Crippen LogP contribution in [0.4, 0.5) is 0 Å². The molecule has 19 heavy (non-hydrogen) atoms. The molecule has 0 aliphatic rings. The molecule has 1 aromatic rings. The van der Waals surface area contributed by atoms with Gasteiger partial charge in [0.25, 0.3) is 0 Å². The summed E-state index contributed by atoms with van der Waals surface area (Å²) in [6.45, 7) is 7.01. The van der Waals surface area contributed by atoms with Crippen LogP contribution in [0.3, 0.4) is 0 Å². The van der Waals surface area contributed by atoms with E-state index in [4.69, 9.17) is 0 Å². The molecule has 6 nitrogen and oxygen atoms in total. The summed E-state index contributed by atoms with van der Waals surface area (Å²) < 4.78 is 27.4. The quantitative estimate of drug-likeness (QED) is 0.686. The van der Waals surface area contributed by atoms with Gasteiger partial charge in [0, 0.05) is 26.3 Å². The lowest BCUT2D eigenvalue weighted by Gasteiger charge is -2.14. The van der Waals surface area contributed by atoms with Gasteiger partial charge in [0.15, 0.2) is 0 Å². The van der Waals surface area contributed by atoms with Gasteiger partial charge < -0.3 is 5.32 Å². The van der Waals surface area contributed by atoms with E-state index in [-0.39, 0.29) is 4.90 Å². The van der Waals surface area contributed by atoms with Crippen molar-refractivity contribution in [3.8, 4) is 0 Å². The fraction of sp³-hybridized carbons (Fsp3) is 0.750. The molecule has 0 atom stereocenters. The number of aromatic nitrogens is 2. The highest BCUT2D eigenvalue weighted by Crippen LogP contribution is 2.13. The third-order valence-electron chi connectivity index (χ3n) is 2.80. The third kappa shape index (κ3) is 4.59. The fourth-order valence-corrected chi connectivity index (χ4v) is 2.93. The lowest BCUT2D eigenvalue weighted by atomic mass is 10.5. The first-order chi connectivity index (χ1) is 9.02. The zero-order valence-electron chi connectivity index (χ0n) is 12.0. The van der Waals surface area contributed by atoms with Crippen molar-refractivity contribution >= 4 is 10.0 Å². The van der Waals surface area contributed by atoms with Gasteiger partial charge in [-0.25, -0.2) is 12.7 Å². The van der Waals surface area contributed by atoms with Crippen LogP contribution < -0.4 is 5.32 Å². The second kappa shape index (κ2) is 7.62. The van der Waals surface area contributed by atoms with Crippen molar-refractivity contribution in [3.05, 3.63) is 12.4 Å². The highest BCUT2D eigenvalue weighted by molar-refractivity contribution is 7.89. The predicted molar refractivity (Wildman–Crippen MR) is 75.5 cm³/mol. The maximum Gasteiger partial charge on any atom is 0.245 e. The maximum atomic E-state index is 12.2. The minimum Gasteiger partial charge on any atom is -0.315 e. The Hall–Kier alpha value is -0.920. The summed E-state index contributed by atoms with van der Waals surface area (Å²) in [6, 6.07) is 0. The van der Waals surface area contributed by atoms with Crippen molar-refractivity contribution < 1.29 is 8.42 Å². The van der Waals surface area contributed by atoms with Crippen molar-refractivity contribution in [3.63, 3.8) is 0 Å². The summed E-state index contributed by atoms with van der Waals surface area (Å²) in [6.07, 6.45) is 4.89. The molecule has 0 saturated carbocycles. The van der Waals surface area contributed by atoms with Crippen LogP contribution in [0.25, 0.3) is 0 Å². The lowest BCUT2D eigenvalue weighted by Crippen LogP contribution is -2.27. The molecule has 0 aliphatic carbocycles. The summed E-state index contributed by atoms with van der Waals surface area (Å²) in [7, 11) is -1.79. The van der Waals surface area contributed by atoms with Crippen LogP contribution in [-0.2, 0) is 16.6 Å². The zero-order valence-corrected chi connectivity index (χ0v) is 12.8. The molecule has 1 aromatic heterocycles. The molecule has 0 fully saturated rings. The van der Waals surface area contributed by atoms with Crippen LogP contribution in [0.2, 0.25) is 0 Å². The van der Waals surface area contributed by atoms with E-state index in [2.05, 4.69) is 17.3 Å². The van der Waals surface area contributed by atoms with Gasteiger partial charge in [-0.1, -0.05) is 13.8 Å². The highest BCUT2D eigenvalue weighted by Gasteiger charge is 2.21. The number of sulfonamides is 1. The Kier molecular flexibility index (Phi) is 6.47. The largest absolute Gasteiger partial charge is 0.315 e. The molecule has 0 saturated heterocycles. The lowest BCUT2D eigenvalue weighted by molar-refractivity contribution is 0.468. The number of hydrogen-bond donors (Lipinski definition) is 1. The highest BCUT2D eigenvalue weighted by atomic mass is 32.2. The van der Waals surface area contributed by atoms with E-state index >= 15 is 0 Å². The molecule has 0 spiro atoms. The van der Waals surface area contributed by atoms with Gasteiger partial charge in [-0.3, -0.25) is 4.68 Å². The van der Waals surface area contributed by atoms with Crippen LogP contribution in [-0.4, -0.2) is 49.2 Å². The Labute approximate surface area is 115 Å². The Morgan fingerprint density at radius 1 is 1.32 bits per heavy atom. The third-order valence-corrected chi connectivity index (χ3v) is 4.61. The first-order valence-electron chi connectivity index (χ1n) is 6.71. The van der Waals surface area contributed by atoms with Gasteiger partial charge in [-0.2, -0.15) is 5.10 Å². The van der Waals surface area contributed by atoms with Crippen molar-refractivity contribution in [1.82, 2.24) is 19.4 Å². The van der Waals surface area contributed by atoms with E-state index in [0.29, 0.717) is 13.1 Å². The van der Waals surface area contributed by atoms with Crippen LogP contribution in [0.15, 0.2) is 17.3 Å². The standard InChI is InChI=1S/C12H24N4O2S/c1-4-6-13-7-9-16-11-12(10-14-16)19(17,18)15(3)8-5-2/h10-11,13H,4-9H2,1-3H3. The molecule has 1 heterocycles. The Bertz CT molecular complexity index is 470. The van der Waals surface area contributed by atoms with Crippen molar-refractivity contribution in [2.45, 2.75) is 38.1 Å². The maximum absolute atomic E-state index is 12.2. The molecule has 110 valence electrons. The second-order valence-corrected chi connectivity index (χ2v) is 6.56. The van der Waals surface area contributed by atoms with Crippen LogP contribution in [0, 0.1) is 0 Å². The molecule has 0 bridgehead atoms. The normalized spacial score (nSPS) is 12.2. The monoisotopic (exact) mass is 288 g/mol. The zero-order chi connectivity index (χ0) is 14.3. The van der Waals surface area contributed by atoms with E-state index in [9.17, 15) is 8.42 Å². The molecular formula is C12H24N4O2S. The minimum absolute atomic E-state index is 0.263. The van der Waals surface area contributed by atoms with E-state index in [0.717, 1.165) is 25.9 Å². The molecular weight excluding hydrogens is 264 g/mol. The molecule has 1 rings (SSSR count).